The first-order valence-electron chi connectivity index (χ1n) is 4.01. The summed E-state index contributed by atoms with van der Waals surface area (Å²) in [5, 5.41) is 0. The first-order valence-corrected chi connectivity index (χ1v) is 4.01. The summed E-state index contributed by atoms with van der Waals surface area (Å²) < 4.78 is 5.26. The summed E-state index contributed by atoms with van der Waals surface area (Å²) in [5.41, 5.74) is 7.82. The SMILES string of the molecule is CC1(CN=C(N)NN)CCOC1. The largest absolute Gasteiger partial charge is 0.381 e. The molecule has 12 heavy (non-hydrogen) atoms. The second-order valence-electron chi connectivity index (χ2n) is 3.46. The topological polar surface area (TPSA) is 85.7 Å². The zero-order chi connectivity index (χ0) is 9.03. The molecule has 0 amide bonds. The van der Waals surface area contributed by atoms with E-state index in [-0.39, 0.29) is 11.4 Å². The average molecular weight is 172 g/mol. The van der Waals surface area contributed by atoms with E-state index in [9.17, 15) is 0 Å². The van der Waals surface area contributed by atoms with Crippen molar-refractivity contribution < 1.29 is 4.74 Å². The van der Waals surface area contributed by atoms with Crippen LogP contribution in [-0.4, -0.2) is 25.7 Å². The predicted octanol–water partition coefficient (Wildman–Crippen LogP) is -0.809. The third-order valence-electron chi connectivity index (χ3n) is 2.08. The Hall–Kier alpha value is -0.810. The molecule has 1 aliphatic heterocycles. The number of guanidine groups is 1. The second-order valence-corrected chi connectivity index (χ2v) is 3.46. The van der Waals surface area contributed by atoms with Crippen LogP contribution in [-0.2, 0) is 4.74 Å². The highest BCUT2D eigenvalue weighted by atomic mass is 16.5. The molecule has 0 aromatic heterocycles. The maximum Gasteiger partial charge on any atom is 0.203 e. The van der Waals surface area contributed by atoms with Crippen molar-refractivity contribution in [1.82, 2.24) is 5.43 Å². The lowest BCUT2D eigenvalue weighted by Gasteiger charge is -2.18. The summed E-state index contributed by atoms with van der Waals surface area (Å²) in [4.78, 5) is 4.07. The molecule has 5 N–H and O–H groups in total. The maximum atomic E-state index is 5.38. The van der Waals surface area contributed by atoms with E-state index in [4.69, 9.17) is 16.3 Å². The predicted molar refractivity (Wildman–Crippen MR) is 47.4 cm³/mol. The van der Waals surface area contributed by atoms with E-state index in [0.29, 0.717) is 6.54 Å². The lowest BCUT2D eigenvalue weighted by atomic mass is 9.90. The van der Waals surface area contributed by atoms with E-state index in [1.165, 1.54) is 0 Å². The van der Waals surface area contributed by atoms with E-state index in [0.717, 1.165) is 19.6 Å². The molecular formula is C7H16N4O. The fourth-order valence-corrected chi connectivity index (χ4v) is 1.16. The van der Waals surface area contributed by atoms with Gasteiger partial charge in [0.05, 0.1) is 13.2 Å². The maximum absolute atomic E-state index is 5.38. The van der Waals surface area contributed by atoms with Crippen molar-refractivity contribution in [3.63, 3.8) is 0 Å². The molecule has 1 aliphatic rings. The number of aliphatic imine (C=N–C) groups is 1. The molecule has 0 aromatic carbocycles. The van der Waals surface area contributed by atoms with Crippen molar-refractivity contribution >= 4 is 5.96 Å². The van der Waals surface area contributed by atoms with Gasteiger partial charge in [-0.25, -0.2) is 5.84 Å². The number of hydrogen-bond donors (Lipinski definition) is 3. The van der Waals surface area contributed by atoms with Gasteiger partial charge in [0.2, 0.25) is 5.96 Å². The Balaban J connectivity index is 2.39. The van der Waals surface area contributed by atoms with Crippen LogP contribution in [0.2, 0.25) is 0 Å². The van der Waals surface area contributed by atoms with Gasteiger partial charge < -0.3 is 10.5 Å². The van der Waals surface area contributed by atoms with Crippen LogP contribution in [0.3, 0.4) is 0 Å². The van der Waals surface area contributed by atoms with Gasteiger partial charge in [0.1, 0.15) is 0 Å². The van der Waals surface area contributed by atoms with Gasteiger partial charge in [-0.2, -0.15) is 0 Å². The van der Waals surface area contributed by atoms with Crippen molar-refractivity contribution in [3.05, 3.63) is 0 Å². The Morgan fingerprint density at radius 2 is 2.50 bits per heavy atom. The minimum absolute atomic E-state index is 0.140. The van der Waals surface area contributed by atoms with Gasteiger partial charge in [0.25, 0.3) is 0 Å². The third kappa shape index (κ3) is 2.35. The fourth-order valence-electron chi connectivity index (χ4n) is 1.16. The van der Waals surface area contributed by atoms with Crippen molar-refractivity contribution in [1.29, 1.82) is 0 Å². The fraction of sp³-hybridized carbons (Fsp3) is 0.857. The van der Waals surface area contributed by atoms with Crippen molar-refractivity contribution in [2.24, 2.45) is 22.0 Å². The summed E-state index contributed by atoms with van der Waals surface area (Å²) in [6, 6.07) is 0. The summed E-state index contributed by atoms with van der Waals surface area (Å²) in [7, 11) is 0. The molecule has 0 saturated carbocycles. The third-order valence-corrected chi connectivity index (χ3v) is 2.08. The first-order chi connectivity index (χ1) is 5.66. The molecule has 1 rings (SSSR count). The number of nitrogens with two attached hydrogens (primary N) is 2. The first kappa shape index (κ1) is 9.28. The molecule has 1 saturated heterocycles. The number of hydrogen-bond acceptors (Lipinski definition) is 3. The zero-order valence-corrected chi connectivity index (χ0v) is 7.34. The molecule has 1 atom stereocenters. The van der Waals surface area contributed by atoms with E-state index in [1.807, 2.05) is 0 Å². The van der Waals surface area contributed by atoms with Crippen LogP contribution in [0.15, 0.2) is 4.99 Å². The highest BCUT2D eigenvalue weighted by Crippen LogP contribution is 2.27. The number of hydrazine groups is 1. The molecule has 0 aliphatic carbocycles. The standard InChI is InChI=1S/C7H16N4O/c1-7(2-3-12-5-7)4-10-6(8)11-9/h2-5,9H2,1H3,(H3,8,10,11). The van der Waals surface area contributed by atoms with Gasteiger partial charge >= 0.3 is 0 Å². The Morgan fingerprint density at radius 1 is 1.75 bits per heavy atom. The number of nitrogens with zero attached hydrogens (tertiary/aromatic N) is 1. The van der Waals surface area contributed by atoms with Crippen molar-refractivity contribution in [2.75, 3.05) is 19.8 Å². The minimum Gasteiger partial charge on any atom is -0.381 e. The van der Waals surface area contributed by atoms with Crippen LogP contribution in [0.1, 0.15) is 13.3 Å². The van der Waals surface area contributed by atoms with E-state index >= 15 is 0 Å². The molecule has 5 nitrogen and oxygen atoms in total. The van der Waals surface area contributed by atoms with E-state index in [1.54, 1.807) is 0 Å². The summed E-state index contributed by atoms with van der Waals surface area (Å²) in [5.74, 6) is 5.34. The molecule has 1 fully saturated rings. The second kappa shape index (κ2) is 3.73. The van der Waals surface area contributed by atoms with Gasteiger partial charge in [-0.1, -0.05) is 6.92 Å². The minimum atomic E-state index is 0.140. The van der Waals surface area contributed by atoms with Crippen LogP contribution >= 0.6 is 0 Å². The molecule has 0 bridgehead atoms. The van der Waals surface area contributed by atoms with Gasteiger partial charge in [-0.05, 0) is 6.42 Å². The summed E-state index contributed by atoms with van der Waals surface area (Å²) in [6.45, 7) is 4.38. The smallest absolute Gasteiger partial charge is 0.203 e. The Kier molecular flexibility index (Phi) is 2.88. The highest BCUT2D eigenvalue weighted by molar-refractivity contribution is 5.77. The normalized spacial score (nSPS) is 30.7. The quantitative estimate of drug-likeness (QED) is 0.220. The molecule has 0 radical (unpaired) electrons. The van der Waals surface area contributed by atoms with Gasteiger partial charge in [-0.15, -0.1) is 0 Å². The molecular weight excluding hydrogens is 156 g/mol. The monoisotopic (exact) mass is 172 g/mol. The molecule has 0 spiro atoms. The zero-order valence-electron chi connectivity index (χ0n) is 7.34. The highest BCUT2D eigenvalue weighted by Gasteiger charge is 2.29. The van der Waals surface area contributed by atoms with E-state index < -0.39 is 0 Å². The van der Waals surface area contributed by atoms with E-state index in [2.05, 4.69) is 17.3 Å². The Bertz CT molecular complexity index is 174. The van der Waals surface area contributed by atoms with Gasteiger partial charge in [0, 0.05) is 12.0 Å². The van der Waals surface area contributed by atoms with Crippen LogP contribution in [0.5, 0.6) is 0 Å². The van der Waals surface area contributed by atoms with Crippen LogP contribution in [0.25, 0.3) is 0 Å². The van der Waals surface area contributed by atoms with Crippen molar-refractivity contribution in [2.45, 2.75) is 13.3 Å². The van der Waals surface area contributed by atoms with Crippen molar-refractivity contribution in [3.8, 4) is 0 Å². The average Bonchev–Trinajstić information content (AvgIpc) is 2.49. The number of rotatable bonds is 2. The number of nitrogens with one attached hydrogen (secondary N) is 1. The van der Waals surface area contributed by atoms with Crippen LogP contribution in [0.4, 0.5) is 0 Å². The Morgan fingerprint density at radius 3 is 3.00 bits per heavy atom. The van der Waals surface area contributed by atoms with Crippen LogP contribution < -0.4 is 17.0 Å². The molecule has 1 unspecified atom stereocenters. The summed E-state index contributed by atoms with van der Waals surface area (Å²) >= 11 is 0. The number of ether oxygens (including phenoxy) is 1. The lowest BCUT2D eigenvalue weighted by molar-refractivity contribution is 0.163. The van der Waals surface area contributed by atoms with Crippen LogP contribution in [0, 0.1) is 5.41 Å². The lowest BCUT2D eigenvalue weighted by Crippen LogP contribution is -2.38. The summed E-state index contributed by atoms with van der Waals surface area (Å²) in [6.07, 6.45) is 1.04. The van der Waals surface area contributed by atoms with Gasteiger partial charge in [0.15, 0.2) is 0 Å². The molecule has 5 heteroatoms. The molecule has 1 heterocycles. The Labute approximate surface area is 72.1 Å². The van der Waals surface area contributed by atoms with Gasteiger partial charge in [-0.3, -0.25) is 10.4 Å². The molecule has 70 valence electrons. The molecule has 0 aromatic rings.